The Labute approximate surface area is 108 Å². The van der Waals surface area contributed by atoms with Gasteiger partial charge >= 0.3 is 0 Å². The van der Waals surface area contributed by atoms with E-state index in [1.165, 1.54) is 51.4 Å². The van der Waals surface area contributed by atoms with Gasteiger partial charge in [0.1, 0.15) is 0 Å². The highest BCUT2D eigenvalue weighted by Gasteiger charge is 2.29. The minimum Gasteiger partial charge on any atom is -0.328 e. The van der Waals surface area contributed by atoms with Crippen LogP contribution in [0.4, 0.5) is 0 Å². The zero-order valence-electron chi connectivity index (χ0n) is 12.0. The SMILES string of the molecule is CC.CNC1CCC(C2CCC(N)CC2)CC1. The zero-order chi connectivity index (χ0) is 12.7. The second-order valence-corrected chi connectivity index (χ2v) is 5.58. The van der Waals surface area contributed by atoms with Crippen molar-refractivity contribution in [2.45, 2.75) is 77.3 Å². The summed E-state index contributed by atoms with van der Waals surface area (Å²) in [5.41, 5.74) is 5.96. The van der Waals surface area contributed by atoms with Crippen LogP contribution in [0.25, 0.3) is 0 Å². The molecule has 0 aromatic carbocycles. The molecule has 0 saturated heterocycles. The summed E-state index contributed by atoms with van der Waals surface area (Å²) in [5, 5.41) is 3.41. The average molecular weight is 240 g/mol. The topological polar surface area (TPSA) is 38.0 Å². The number of rotatable bonds is 2. The second kappa shape index (κ2) is 8.10. The monoisotopic (exact) mass is 240 g/mol. The molecule has 0 amide bonds. The maximum Gasteiger partial charge on any atom is 0.00642 e. The molecule has 2 nitrogen and oxygen atoms in total. The van der Waals surface area contributed by atoms with E-state index in [-0.39, 0.29) is 0 Å². The molecule has 0 unspecified atom stereocenters. The molecule has 102 valence electrons. The fourth-order valence-corrected chi connectivity index (χ4v) is 3.50. The lowest BCUT2D eigenvalue weighted by atomic mass is 9.71. The van der Waals surface area contributed by atoms with Crippen molar-refractivity contribution in [2.24, 2.45) is 17.6 Å². The first-order valence-electron chi connectivity index (χ1n) is 7.72. The van der Waals surface area contributed by atoms with Gasteiger partial charge in [0, 0.05) is 12.1 Å². The third-order valence-corrected chi connectivity index (χ3v) is 4.66. The zero-order valence-corrected chi connectivity index (χ0v) is 12.0. The molecule has 0 heterocycles. The van der Waals surface area contributed by atoms with Crippen LogP contribution < -0.4 is 11.1 Å². The van der Waals surface area contributed by atoms with Crippen LogP contribution >= 0.6 is 0 Å². The quantitative estimate of drug-likeness (QED) is 0.777. The Bertz CT molecular complexity index is 177. The van der Waals surface area contributed by atoms with Crippen LogP contribution in [-0.4, -0.2) is 19.1 Å². The van der Waals surface area contributed by atoms with Crippen LogP contribution in [0.5, 0.6) is 0 Å². The van der Waals surface area contributed by atoms with E-state index in [9.17, 15) is 0 Å². The van der Waals surface area contributed by atoms with E-state index in [1.54, 1.807) is 0 Å². The van der Waals surface area contributed by atoms with Crippen LogP contribution in [0.15, 0.2) is 0 Å². The molecule has 2 fully saturated rings. The molecular formula is C15H32N2. The summed E-state index contributed by atoms with van der Waals surface area (Å²) in [6.45, 7) is 4.00. The van der Waals surface area contributed by atoms with E-state index in [0.29, 0.717) is 6.04 Å². The standard InChI is InChI=1S/C13H26N2.C2H6/c1-15-13-8-4-11(5-9-13)10-2-6-12(14)7-3-10;1-2/h10-13,15H,2-9,14H2,1H3;1-2H3. The van der Waals surface area contributed by atoms with Gasteiger partial charge in [-0.05, 0) is 70.3 Å². The first-order valence-corrected chi connectivity index (χ1v) is 7.72. The molecule has 2 heteroatoms. The number of hydrogen-bond acceptors (Lipinski definition) is 2. The summed E-state index contributed by atoms with van der Waals surface area (Å²) in [5.74, 6) is 2.02. The molecule has 3 N–H and O–H groups in total. The molecule has 2 aliphatic carbocycles. The summed E-state index contributed by atoms with van der Waals surface area (Å²) >= 11 is 0. The third-order valence-electron chi connectivity index (χ3n) is 4.66. The van der Waals surface area contributed by atoms with E-state index < -0.39 is 0 Å². The second-order valence-electron chi connectivity index (χ2n) is 5.58. The smallest absolute Gasteiger partial charge is 0.00642 e. The van der Waals surface area contributed by atoms with Gasteiger partial charge in [0.05, 0.1) is 0 Å². The third kappa shape index (κ3) is 4.59. The fraction of sp³-hybridized carbons (Fsp3) is 1.00. The average Bonchev–Trinajstić information content (AvgIpc) is 2.42. The van der Waals surface area contributed by atoms with E-state index in [1.807, 2.05) is 13.8 Å². The fourth-order valence-electron chi connectivity index (χ4n) is 3.50. The van der Waals surface area contributed by atoms with Gasteiger partial charge in [-0.3, -0.25) is 0 Å². The summed E-state index contributed by atoms with van der Waals surface area (Å²) in [6, 6.07) is 1.31. The van der Waals surface area contributed by atoms with Crippen molar-refractivity contribution >= 4 is 0 Å². The summed E-state index contributed by atoms with van der Waals surface area (Å²) in [4.78, 5) is 0. The van der Waals surface area contributed by atoms with Crippen LogP contribution in [0.3, 0.4) is 0 Å². The van der Waals surface area contributed by atoms with Gasteiger partial charge in [0.15, 0.2) is 0 Å². The Hall–Kier alpha value is -0.0800. The van der Waals surface area contributed by atoms with Crippen LogP contribution in [0.1, 0.15) is 65.2 Å². The lowest BCUT2D eigenvalue weighted by Gasteiger charge is -2.37. The van der Waals surface area contributed by atoms with E-state index in [0.717, 1.165) is 17.9 Å². The predicted octanol–water partition coefficient (Wildman–Crippen LogP) is 3.31. The summed E-state index contributed by atoms with van der Waals surface area (Å²) in [7, 11) is 2.10. The van der Waals surface area contributed by atoms with Gasteiger partial charge in [-0.1, -0.05) is 13.8 Å². The van der Waals surface area contributed by atoms with Gasteiger partial charge in [0.2, 0.25) is 0 Å². The molecule has 2 aliphatic rings. The molecule has 2 rings (SSSR count). The van der Waals surface area contributed by atoms with E-state index in [4.69, 9.17) is 5.73 Å². The highest BCUT2D eigenvalue weighted by molar-refractivity contribution is 4.84. The van der Waals surface area contributed by atoms with Crippen molar-refractivity contribution < 1.29 is 0 Å². The Morgan fingerprint density at radius 1 is 0.765 bits per heavy atom. The Balaban J connectivity index is 0.000000686. The molecule has 0 atom stereocenters. The van der Waals surface area contributed by atoms with Gasteiger partial charge < -0.3 is 11.1 Å². The molecule has 0 aromatic rings. The van der Waals surface area contributed by atoms with Crippen LogP contribution in [0, 0.1) is 11.8 Å². The first-order chi connectivity index (χ1) is 8.29. The van der Waals surface area contributed by atoms with Crippen molar-refractivity contribution in [3.63, 3.8) is 0 Å². The highest BCUT2D eigenvalue weighted by atomic mass is 14.9. The van der Waals surface area contributed by atoms with E-state index >= 15 is 0 Å². The van der Waals surface area contributed by atoms with Crippen LogP contribution in [0.2, 0.25) is 0 Å². The van der Waals surface area contributed by atoms with Crippen molar-refractivity contribution in [2.75, 3.05) is 7.05 Å². The molecule has 0 radical (unpaired) electrons. The Kier molecular flexibility index (Phi) is 7.14. The molecule has 17 heavy (non-hydrogen) atoms. The van der Waals surface area contributed by atoms with E-state index in [2.05, 4.69) is 12.4 Å². The lowest BCUT2D eigenvalue weighted by Crippen LogP contribution is -2.35. The maximum absolute atomic E-state index is 5.96. The van der Waals surface area contributed by atoms with Crippen molar-refractivity contribution in [3.8, 4) is 0 Å². The molecule has 0 aromatic heterocycles. The van der Waals surface area contributed by atoms with Gasteiger partial charge in [0.25, 0.3) is 0 Å². The van der Waals surface area contributed by atoms with Crippen molar-refractivity contribution in [3.05, 3.63) is 0 Å². The molecule has 0 spiro atoms. The summed E-state index contributed by atoms with van der Waals surface area (Å²) in [6.07, 6.45) is 11.0. The maximum atomic E-state index is 5.96. The Morgan fingerprint density at radius 3 is 1.59 bits per heavy atom. The highest BCUT2D eigenvalue weighted by Crippen LogP contribution is 2.37. The number of nitrogens with one attached hydrogen (secondary N) is 1. The van der Waals surface area contributed by atoms with Crippen LogP contribution in [-0.2, 0) is 0 Å². The van der Waals surface area contributed by atoms with Crippen molar-refractivity contribution in [1.29, 1.82) is 0 Å². The number of hydrogen-bond donors (Lipinski definition) is 2. The Morgan fingerprint density at radius 2 is 1.18 bits per heavy atom. The summed E-state index contributed by atoms with van der Waals surface area (Å²) < 4.78 is 0. The van der Waals surface area contributed by atoms with Crippen molar-refractivity contribution in [1.82, 2.24) is 5.32 Å². The van der Waals surface area contributed by atoms with Gasteiger partial charge in [-0.15, -0.1) is 0 Å². The first kappa shape index (κ1) is 15.0. The number of nitrogens with two attached hydrogens (primary N) is 1. The largest absolute Gasteiger partial charge is 0.328 e. The molecule has 2 saturated carbocycles. The minimum atomic E-state index is 0.509. The molecule has 0 bridgehead atoms. The molecule has 0 aliphatic heterocycles. The lowest BCUT2D eigenvalue weighted by molar-refractivity contribution is 0.172. The normalized spacial score (nSPS) is 38.1. The molecular weight excluding hydrogens is 208 g/mol. The minimum absolute atomic E-state index is 0.509. The predicted molar refractivity (Wildman–Crippen MR) is 76.1 cm³/mol. The van der Waals surface area contributed by atoms with Gasteiger partial charge in [-0.25, -0.2) is 0 Å². The van der Waals surface area contributed by atoms with Gasteiger partial charge in [-0.2, -0.15) is 0 Å².